The molecule has 1 aliphatic carbocycles. The third-order valence-corrected chi connectivity index (χ3v) is 12.7. The molecule has 3 nitrogen and oxygen atoms in total. The molecule has 2 heterocycles. The third kappa shape index (κ3) is 5.29. The fourth-order valence-electron chi connectivity index (χ4n) is 9.75. The summed E-state index contributed by atoms with van der Waals surface area (Å²) in [6.45, 7) is 4.73. The van der Waals surface area contributed by atoms with E-state index in [0.717, 1.165) is 66.5 Å². The maximum atomic E-state index is 6.20. The normalized spacial score (nSPS) is 13.0. The molecule has 0 aliphatic heterocycles. The number of nitrogens with zero attached hydrogens (tertiary/aromatic N) is 2. The molecule has 0 spiro atoms. The number of aromatic nitrogens is 2. The lowest BCUT2D eigenvalue weighted by atomic mass is 9.81. The molecule has 0 radical (unpaired) electrons. The van der Waals surface area contributed by atoms with Crippen LogP contribution in [0.3, 0.4) is 0 Å². The van der Waals surface area contributed by atoms with Crippen LogP contribution in [0.15, 0.2) is 199 Å². The molecule has 0 bridgehead atoms. The van der Waals surface area contributed by atoms with E-state index in [4.69, 9.17) is 14.4 Å². The van der Waals surface area contributed by atoms with Gasteiger partial charge in [0.05, 0.1) is 11.4 Å². The molecule has 11 aromatic rings. The summed E-state index contributed by atoms with van der Waals surface area (Å²) in [6.07, 6.45) is 0. The molecular weight excluding hydrogens is 729 g/mol. The fourth-order valence-corrected chi connectivity index (χ4v) is 9.75. The first-order valence-corrected chi connectivity index (χ1v) is 20.6. The summed E-state index contributed by atoms with van der Waals surface area (Å²) in [5.41, 5.74) is 16.5. The van der Waals surface area contributed by atoms with E-state index in [2.05, 4.69) is 178 Å². The Hall–Kier alpha value is -7.62. The van der Waals surface area contributed by atoms with Gasteiger partial charge in [0.1, 0.15) is 11.2 Å². The van der Waals surface area contributed by atoms with Crippen molar-refractivity contribution < 1.29 is 4.42 Å². The summed E-state index contributed by atoms with van der Waals surface area (Å²) < 4.78 is 6.20. The summed E-state index contributed by atoms with van der Waals surface area (Å²) in [7, 11) is 0. The Morgan fingerprint density at radius 2 is 0.983 bits per heavy atom. The second-order valence-electron chi connectivity index (χ2n) is 16.5. The highest BCUT2D eigenvalue weighted by Gasteiger charge is 2.37. The standard InChI is InChI=1S/C57H38N2O/c1-57(2)49-25-14-24-46(55(49)48-31-36-17-6-7-18-37(36)33-50(48)57)42-28-29-44(41-21-10-9-20-40(41)42)52-34-51(58-56(59-52)35-15-4-3-5-16-35)43-22-11-8-19-39(43)38-27-30-54-47(32-38)45-23-12-13-26-53(45)60-54/h3-34H,1-2H3. The van der Waals surface area contributed by atoms with Gasteiger partial charge in [-0.25, -0.2) is 9.97 Å². The lowest BCUT2D eigenvalue weighted by Crippen LogP contribution is -2.14. The van der Waals surface area contributed by atoms with Gasteiger partial charge in [-0.2, -0.15) is 0 Å². The van der Waals surface area contributed by atoms with Gasteiger partial charge in [0, 0.05) is 32.9 Å². The molecule has 0 fully saturated rings. The zero-order chi connectivity index (χ0) is 40.0. The Balaban J connectivity index is 1.05. The second kappa shape index (κ2) is 13.2. The topological polar surface area (TPSA) is 38.9 Å². The van der Waals surface area contributed by atoms with Crippen molar-refractivity contribution in [1.82, 2.24) is 9.97 Å². The van der Waals surface area contributed by atoms with Crippen LogP contribution < -0.4 is 0 Å². The first kappa shape index (κ1) is 34.4. The second-order valence-corrected chi connectivity index (χ2v) is 16.5. The van der Waals surface area contributed by atoms with Crippen LogP contribution >= 0.6 is 0 Å². The molecule has 12 rings (SSSR count). The third-order valence-electron chi connectivity index (χ3n) is 12.7. The minimum atomic E-state index is -0.125. The number of furan rings is 1. The zero-order valence-corrected chi connectivity index (χ0v) is 33.3. The van der Waals surface area contributed by atoms with Gasteiger partial charge in [0.2, 0.25) is 0 Å². The number of rotatable bonds is 5. The van der Waals surface area contributed by atoms with Crippen molar-refractivity contribution in [2.75, 3.05) is 0 Å². The van der Waals surface area contributed by atoms with E-state index < -0.39 is 0 Å². The SMILES string of the molecule is CC1(C)c2cc3ccccc3cc2-c2c(-c3ccc(-c4cc(-c5ccccc5-c5ccc6oc7ccccc7c6c5)nc(-c5ccccc5)n4)c4ccccc34)cccc21. The largest absolute Gasteiger partial charge is 0.456 e. The van der Waals surface area contributed by atoms with E-state index in [0.29, 0.717) is 5.82 Å². The highest BCUT2D eigenvalue weighted by molar-refractivity contribution is 6.09. The van der Waals surface area contributed by atoms with Crippen molar-refractivity contribution >= 4 is 43.5 Å². The monoisotopic (exact) mass is 766 g/mol. The number of hydrogen-bond acceptors (Lipinski definition) is 3. The molecule has 9 aromatic carbocycles. The van der Waals surface area contributed by atoms with Crippen molar-refractivity contribution in [2.45, 2.75) is 19.3 Å². The van der Waals surface area contributed by atoms with Gasteiger partial charge in [0.15, 0.2) is 5.82 Å². The molecule has 0 N–H and O–H groups in total. The maximum Gasteiger partial charge on any atom is 0.160 e. The van der Waals surface area contributed by atoms with Crippen molar-refractivity contribution in [3.8, 4) is 67.3 Å². The maximum absolute atomic E-state index is 6.20. The van der Waals surface area contributed by atoms with Gasteiger partial charge < -0.3 is 4.42 Å². The van der Waals surface area contributed by atoms with Gasteiger partial charge >= 0.3 is 0 Å². The molecule has 0 amide bonds. The Bertz CT molecular complexity index is 3520. The highest BCUT2D eigenvalue weighted by Crippen LogP contribution is 2.54. The fraction of sp³-hybridized carbons (Fsp3) is 0.0526. The van der Waals surface area contributed by atoms with Crippen LogP contribution in [0.25, 0.3) is 111 Å². The van der Waals surface area contributed by atoms with Crippen LogP contribution in [0.1, 0.15) is 25.0 Å². The predicted octanol–water partition coefficient (Wildman–Crippen LogP) is 15.3. The molecule has 2 aromatic heterocycles. The highest BCUT2D eigenvalue weighted by atomic mass is 16.3. The molecule has 282 valence electrons. The van der Waals surface area contributed by atoms with E-state index >= 15 is 0 Å². The lowest BCUT2D eigenvalue weighted by molar-refractivity contribution is 0.661. The van der Waals surface area contributed by atoms with Crippen LogP contribution in [0.4, 0.5) is 0 Å². The van der Waals surface area contributed by atoms with Crippen LogP contribution in [0, 0.1) is 0 Å². The Morgan fingerprint density at radius 3 is 1.80 bits per heavy atom. The van der Waals surface area contributed by atoms with Gasteiger partial charge in [-0.1, -0.05) is 172 Å². The number of benzene rings is 9. The van der Waals surface area contributed by atoms with E-state index in [1.54, 1.807) is 0 Å². The van der Waals surface area contributed by atoms with Crippen molar-refractivity contribution in [1.29, 1.82) is 0 Å². The minimum Gasteiger partial charge on any atom is -0.456 e. The van der Waals surface area contributed by atoms with Crippen LogP contribution in [-0.4, -0.2) is 9.97 Å². The average Bonchev–Trinajstić information content (AvgIpc) is 3.79. The molecule has 60 heavy (non-hydrogen) atoms. The predicted molar refractivity (Wildman–Crippen MR) is 249 cm³/mol. The van der Waals surface area contributed by atoms with E-state index in [1.807, 2.05) is 30.3 Å². The van der Waals surface area contributed by atoms with Crippen LogP contribution in [-0.2, 0) is 5.41 Å². The van der Waals surface area contributed by atoms with Crippen molar-refractivity contribution in [3.63, 3.8) is 0 Å². The molecule has 0 atom stereocenters. The first-order chi connectivity index (χ1) is 29.5. The van der Waals surface area contributed by atoms with E-state index in [-0.39, 0.29) is 5.41 Å². The smallest absolute Gasteiger partial charge is 0.160 e. The number of hydrogen-bond donors (Lipinski definition) is 0. The minimum absolute atomic E-state index is 0.125. The molecule has 0 saturated carbocycles. The van der Waals surface area contributed by atoms with Gasteiger partial charge in [-0.05, 0) is 102 Å². The first-order valence-electron chi connectivity index (χ1n) is 20.6. The van der Waals surface area contributed by atoms with Crippen LogP contribution in [0.5, 0.6) is 0 Å². The zero-order valence-electron chi connectivity index (χ0n) is 33.3. The summed E-state index contributed by atoms with van der Waals surface area (Å²) in [5.74, 6) is 0.689. The average molecular weight is 767 g/mol. The molecule has 1 aliphatic rings. The van der Waals surface area contributed by atoms with Gasteiger partial charge in [-0.15, -0.1) is 0 Å². The molecular formula is C57H38N2O. The van der Waals surface area contributed by atoms with Gasteiger partial charge in [0.25, 0.3) is 0 Å². The van der Waals surface area contributed by atoms with Gasteiger partial charge in [-0.3, -0.25) is 0 Å². The summed E-state index contributed by atoms with van der Waals surface area (Å²) in [6, 6.07) is 69.5. The van der Waals surface area contributed by atoms with Crippen molar-refractivity contribution in [3.05, 3.63) is 205 Å². The van der Waals surface area contributed by atoms with Crippen molar-refractivity contribution in [2.24, 2.45) is 0 Å². The van der Waals surface area contributed by atoms with Crippen LogP contribution in [0.2, 0.25) is 0 Å². The Morgan fingerprint density at radius 1 is 0.367 bits per heavy atom. The summed E-state index contributed by atoms with van der Waals surface area (Å²) >= 11 is 0. The Kier molecular flexibility index (Phi) is 7.58. The lowest BCUT2D eigenvalue weighted by Gasteiger charge is -2.22. The Labute approximate surface area is 348 Å². The van der Waals surface area contributed by atoms with E-state index in [1.165, 1.54) is 49.5 Å². The molecule has 0 unspecified atom stereocenters. The quantitative estimate of drug-likeness (QED) is 0.175. The summed E-state index contributed by atoms with van der Waals surface area (Å²) in [5, 5.41) is 7.10. The molecule has 3 heteroatoms. The summed E-state index contributed by atoms with van der Waals surface area (Å²) in [4.78, 5) is 10.6. The number of fused-ring (bicyclic) bond motifs is 8. The number of para-hydroxylation sites is 1. The molecule has 0 saturated heterocycles. The van der Waals surface area contributed by atoms with E-state index in [9.17, 15) is 0 Å².